The molecule has 11 heteroatoms. The van der Waals surface area contributed by atoms with E-state index in [0.717, 1.165) is 28.8 Å². The van der Waals surface area contributed by atoms with Crippen LogP contribution < -0.4 is 9.47 Å². The minimum absolute atomic E-state index is 0.0430. The monoisotopic (exact) mass is 688 g/mol. The number of methoxy groups -OCH3 is 2. The van der Waals surface area contributed by atoms with Gasteiger partial charge in [-0.25, -0.2) is 3.63 Å². The molecule has 44 heavy (non-hydrogen) atoms. The predicted octanol–water partition coefficient (Wildman–Crippen LogP) is 9.22. The Morgan fingerprint density at radius 3 is 1.89 bits per heavy atom. The van der Waals surface area contributed by atoms with Gasteiger partial charge >= 0.3 is 0 Å². The zero-order valence-corrected chi connectivity index (χ0v) is 29.4. The first kappa shape index (κ1) is 31.7. The number of thiophene rings is 2. The van der Waals surface area contributed by atoms with Gasteiger partial charge in [-0.15, -0.1) is 22.7 Å². The summed E-state index contributed by atoms with van der Waals surface area (Å²) in [5.41, 5.74) is -1.36. The molecule has 2 aromatic carbocycles. The molecule has 0 aliphatic heterocycles. The third-order valence-electron chi connectivity index (χ3n) is 9.31. The summed E-state index contributed by atoms with van der Waals surface area (Å²) in [5.74, 6) is 1.23. The van der Waals surface area contributed by atoms with Gasteiger partial charge in [0.1, 0.15) is 17.3 Å². The summed E-state index contributed by atoms with van der Waals surface area (Å²) in [6.45, 7) is 6.18. The summed E-state index contributed by atoms with van der Waals surface area (Å²) < 4.78 is 49.5. The molecule has 2 atom stereocenters. The number of carbonyl (C=O) groups is 1. The number of carbonyl (C=O) groups excluding carboxylic acids is 1. The summed E-state index contributed by atoms with van der Waals surface area (Å²) in [6, 6.07) is 23.1. The first-order valence-electron chi connectivity index (χ1n) is 14.4. The normalized spacial score (nSPS) is 21.5. The quantitative estimate of drug-likeness (QED) is 0.155. The van der Waals surface area contributed by atoms with Crippen LogP contribution in [-0.4, -0.2) is 34.2 Å². The lowest BCUT2D eigenvalue weighted by atomic mass is 9.70. The fraction of sp³-hybridized carbons (Fsp3) is 0.364. The lowest BCUT2D eigenvalue weighted by Crippen LogP contribution is -2.42. The lowest BCUT2D eigenvalue weighted by Gasteiger charge is -2.41. The maximum absolute atomic E-state index is 14.5. The van der Waals surface area contributed by atoms with Crippen LogP contribution >= 0.6 is 44.7 Å². The van der Waals surface area contributed by atoms with Gasteiger partial charge in [-0.1, -0.05) is 25.6 Å². The van der Waals surface area contributed by atoms with Crippen molar-refractivity contribution in [1.29, 1.82) is 0 Å². The fourth-order valence-corrected chi connectivity index (χ4v) is 17.3. The van der Waals surface area contributed by atoms with E-state index in [2.05, 4.69) is 19.1 Å². The Hall–Kier alpha value is -2.28. The highest BCUT2D eigenvalue weighted by Gasteiger charge is 2.65. The van der Waals surface area contributed by atoms with Crippen LogP contribution in [-0.2, 0) is 18.5 Å². The third kappa shape index (κ3) is 5.43. The third-order valence-corrected chi connectivity index (χ3v) is 18.5. The molecule has 6 rings (SSSR count). The smallest absolute Gasteiger partial charge is 0.278 e. The second kappa shape index (κ2) is 11.8. The molecule has 4 aromatic rings. The highest BCUT2D eigenvalue weighted by molar-refractivity contribution is 8.34. The first-order valence-corrected chi connectivity index (χ1v) is 19.9. The second-order valence-corrected chi connectivity index (χ2v) is 20.6. The molecule has 0 saturated heterocycles. The number of benzene rings is 2. The van der Waals surface area contributed by atoms with Gasteiger partial charge in [0.15, 0.2) is 0 Å². The van der Waals surface area contributed by atoms with Gasteiger partial charge in [0.05, 0.1) is 38.0 Å². The van der Waals surface area contributed by atoms with Crippen LogP contribution in [0.1, 0.15) is 38.0 Å². The van der Waals surface area contributed by atoms with E-state index < -0.39 is 31.3 Å². The average molecular weight is 689 g/mol. The molecule has 2 bridgehead atoms. The van der Waals surface area contributed by atoms with Gasteiger partial charge in [0.25, 0.3) is 10.1 Å². The molecule has 2 fully saturated rings. The van der Waals surface area contributed by atoms with Gasteiger partial charge < -0.3 is 9.47 Å². The summed E-state index contributed by atoms with van der Waals surface area (Å²) in [5, 5.41) is 0. The largest absolute Gasteiger partial charge is 0.497 e. The maximum Gasteiger partial charge on any atom is 0.278 e. The summed E-state index contributed by atoms with van der Waals surface area (Å²) >= 11 is 4.92. The number of hydrogen-bond acceptors (Lipinski definition) is 9. The van der Waals surface area contributed by atoms with E-state index in [4.69, 9.17) is 13.1 Å². The van der Waals surface area contributed by atoms with Gasteiger partial charge in [-0.3, -0.25) is 4.79 Å². The van der Waals surface area contributed by atoms with E-state index in [-0.39, 0.29) is 17.5 Å². The van der Waals surface area contributed by atoms with Crippen molar-refractivity contribution in [2.45, 2.75) is 62.5 Å². The molecule has 2 aromatic heterocycles. The number of hydrogen-bond donors (Lipinski definition) is 0. The molecule has 2 heterocycles. The summed E-state index contributed by atoms with van der Waals surface area (Å²) in [7, 11) is -3.86. The summed E-state index contributed by atoms with van der Waals surface area (Å²) in [6.07, 6.45) is 1.86. The summed E-state index contributed by atoms with van der Waals surface area (Å²) in [4.78, 5) is 16.1. The van der Waals surface area contributed by atoms with Crippen LogP contribution in [0.15, 0.2) is 95.2 Å². The molecule has 2 aliphatic rings. The Bertz CT molecular complexity index is 1720. The number of fused-ring (bicyclic) bond motifs is 2. The number of ketones is 1. The average Bonchev–Trinajstić information content (AvgIpc) is 3.74. The fourth-order valence-electron chi connectivity index (χ4n) is 6.68. The molecule has 0 radical (unpaired) electrons. The van der Waals surface area contributed by atoms with E-state index in [9.17, 15) is 13.2 Å². The van der Waals surface area contributed by atoms with Crippen LogP contribution in [0.3, 0.4) is 0 Å². The van der Waals surface area contributed by atoms with Crippen molar-refractivity contribution in [3.8, 4) is 11.5 Å². The number of rotatable bonds is 11. The van der Waals surface area contributed by atoms with Crippen molar-refractivity contribution in [3.05, 3.63) is 77.7 Å². The van der Waals surface area contributed by atoms with Gasteiger partial charge in [-0.2, -0.15) is 8.42 Å². The standard InChI is InChI=1S/C33H36O6S5/c1-22-6-15-29(40-22)41-30-16-17-31(42-30)44(26-11-7-24(37-4)8-12-26,27-13-9-25(38-5)10-14-27)39-43(35,36)21-33-19-18-23(20-28(33)34)32(33,2)3/h6-17,23H,18-21H2,1-5H3. The van der Waals surface area contributed by atoms with Crippen LogP contribution in [0.5, 0.6) is 11.5 Å². The van der Waals surface area contributed by atoms with Crippen molar-refractivity contribution < 1.29 is 26.3 Å². The highest BCUT2D eigenvalue weighted by Crippen LogP contribution is 2.73. The predicted molar refractivity (Wildman–Crippen MR) is 179 cm³/mol. The highest BCUT2D eigenvalue weighted by atomic mass is 32.3. The van der Waals surface area contributed by atoms with Crippen molar-refractivity contribution in [1.82, 2.24) is 0 Å². The molecule has 2 aliphatic carbocycles. The van der Waals surface area contributed by atoms with E-state index >= 15 is 0 Å². The van der Waals surface area contributed by atoms with Crippen LogP contribution in [0.25, 0.3) is 0 Å². The van der Waals surface area contributed by atoms with Crippen LogP contribution in [0, 0.1) is 23.7 Å². The Morgan fingerprint density at radius 1 is 0.841 bits per heavy atom. The number of Topliss-reactive ketones (excluding diaryl/α,β-unsaturated/α-hetero) is 1. The molecule has 0 N–H and O–H groups in total. The van der Waals surface area contributed by atoms with E-state index in [1.165, 1.54) is 16.2 Å². The molecule has 2 saturated carbocycles. The number of aryl methyl sites for hydroxylation is 1. The minimum atomic E-state index is -4.24. The zero-order valence-electron chi connectivity index (χ0n) is 25.3. The molecule has 0 spiro atoms. The second-order valence-electron chi connectivity index (χ2n) is 11.9. The van der Waals surface area contributed by atoms with E-state index in [0.29, 0.717) is 24.3 Å². The van der Waals surface area contributed by atoms with E-state index in [1.807, 2.05) is 74.5 Å². The Kier molecular flexibility index (Phi) is 8.51. The molecule has 6 nitrogen and oxygen atoms in total. The van der Waals surface area contributed by atoms with E-state index in [1.54, 1.807) is 37.3 Å². The molecule has 0 amide bonds. The SMILES string of the molecule is COc1ccc(S(OS(=O)(=O)CC23CCC(CC2=O)C3(C)C)(c2ccc(OC)cc2)c2ccc(Sc3ccc(C)s3)s2)cc1. The Morgan fingerprint density at radius 2 is 1.41 bits per heavy atom. The van der Waals surface area contributed by atoms with Gasteiger partial charge in [0, 0.05) is 21.1 Å². The van der Waals surface area contributed by atoms with Crippen molar-refractivity contribution in [3.63, 3.8) is 0 Å². The van der Waals surface area contributed by atoms with Crippen molar-refractivity contribution in [2.24, 2.45) is 16.7 Å². The molecular weight excluding hydrogens is 653 g/mol. The van der Waals surface area contributed by atoms with Crippen molar-refractivity contribution >= 4 is 60.6 Å². The topological polar surface area (TPSA) is 78.9 Å². The Balaban J connectivity index is 1.51. The van der Waals surface area contributed by atoms with Crippen molar-refractivity contribution in [2.75, 3.05) is 20.0 Å². The van der Waals surface area contributed by atoms with Gasteiger partial charge in [-0.05, 0) is 114 Å². The maximum atomic E-state index is 14.5. The lowest BCUT2D eigenvalue weighted by molar-refractivity contribution is -0.128. The minimum Gasteiger partial charge on any atom is -0.497 e. The van der Waals surface area contributed by atoms with Gasteiger partial charge in [0.2, 0.25) is 0 Å². The zero-order chi connectivity index (χ0) is 31.3. The van der Waals surface area contributed by atoms with Crippen LogP contribution in [0.2, 0.25) is 0 Å². The molecule has 2 unspecified atom stereocenters. The molecule has 234 valence electrons. The molecular formula is C33H36O6S5. The Labute approximate surface area is 273 Å². The number of ether oxygens (including phenoxy) is 2. The van der Waals surface area contributed by atoms with Crippen LogP contribution in [0.4, 0.5) is 0 Å². The first-order chi connectivity index (χ1) is 20.9.